The van der Waals surface area contributed by atoms with Gasteiger partial charge in [0.05, 0.1) is 4.83 Å². The van der Waals surface area contributed by atoms with Gasteiger partial charge in [0, 0.05) is 17.8 Å². The number of anilines is 1. The summed E-state index contributed by atoms with van der Waals surface area (Å²) in [6.45, 7) is 3.77. The van der Waals surface area contributed by atoms with Crippen molar-refractivity contribution in [1.82, 2.24) is 0 Å². The molecule has 1 aromatic rings. The molecule has 0 aromatic heterocycles. The van der Waals surface area contributed by atoms with E-state index in [0.29, 0.717) is 17.5 Å². The Bertz CT molecular complexity index is 613. The first-order chi connectivity index (χ1) is 10.1. The van der Waals surface area contributed by atoms with Crippen LogP contribution in [0, 0.1) is 5.92 Å². The zero-order valence-electron chi connectivity index (χ0n) is 12.1. The van der Waals surface area contributed by atoms with Crippen LogP contribution >= 0.6 is 15.9 Å². The molecule has 0 fully saturated rings. The van der Waals surface area contributed by atoms with Crippen LogP contribution in [0.15, 0.2) is 18.2 Å². The number of amides is 1. The maximum atomic E-state index is 12.5. The number of ketones is 1. The predicted molar refractivity (Wildman–Crippen MR) is 80.4 cm³/mol. The Balaban J connectivity index is 2.28. The highest BCUT2D eigenvalue weighted by atomic mass is 79.9. The Morgan fingerprint density at radius 2 is 1.91 bits per heavy atom. The average molecular weight is 378 g/mol. The van der Waals surface area contributed by atoms with Crippen LogP contribution < -0.4 is 4.90 Å². The Labute approximate surface area is 134 Å². The standard InChI is InChI=1S/C15H15BrF3NO2/c1-8(2)12(16)13(21)10-3-4-11-9(7-10)5-6-20(11)14(22)15(17,18)19/h3-4,7-8,12H,5-6H2,1-2H3. The molecule has 0 saturated heterocycles. The average Bonchev–Trinajstić information content (AvgIpc) is 2.86. The van der Waals surface area contributed by atoms with E-state index in [4.69, 9.17) is 0 Å². The van der Waals surface area contributed by atoms with Crippen LogP contribution in [0.5, 0.6) is 0 Å². The number of nitrogens with zero attached hydrogens (tertiary/aromatic N) is 1. The van der Waals surface area contributed by atoms with Gasteiger partial charge in [0.25, 0.3) is 0 Å². The molecule has 1 aromatic carbocycles. The summed E-state index contributed by atoms with van der Waals surface area (Å²) >= 11 is 3.32. The van der Waals surface area contributed by atoms with Crippen molar-refractivity contribution in [3.8, 4) is 0 Å². The molecule has 0 N–H and O–H groups in total. The minimum absolute atomic E-state index is 0.0206. The van der Waals surface area contributed by atoms with Crippen molar-refractivity contribution in [2.75, 3.05) is 11.4 Å². The Hall–Kier alpha value is -1.37. The number of Topliss-reactive ketones (excluding diaryl/α,β-unsaturated/α-hetero) is 1. The van der Waals surface area contributed by atoms with E-state index in [-0.39, 0.29) is 28.8 Å². The number of carbonyl (C=O) groups is 2. The summed E-state index contributed by atoms with van der Waals surface area (Å²) in [7, 11) is 0. The fraction of sp³-hybridized carbons (Fsp3) is 0.467. The van der Waals surface area contributed by atoms with Crippen LogP contribution in [0.3, 0.4) is 0 Å². The minimum Gasteiger partial charge on any atom is -0.304 e. The molecule has 3 nitrogen and oxygen atoms in total. The fourth-order valence-electron chi connectivity index (χ4n) is 2.38. The maximum Gasteiger partial charge on any atom is 0.471 e. The lowest BCUT2D eigenvalue weighted by atomic mass is 9.99. The predicted octanol–water partition coefficient (Wildman–Crippen LogP) is 3.74. The van der Waals surface area contributed by atoms with Gasteiger partial charge in [-0.2, -0.15) is 13.2 Å². The minimum atomic E-state index is -4.89. The lowest BCUT2D eigenvalue weighted by Gasteiger charge is -2.19. The number of benzene rings is 1. The van der Waals surface area contributed by atoms with Crippen molar-refractivity contribution >= 4 is 33.3 Å². The lowest BCUT2D eigenvalue weighted by molar-refractivity contribution is -0.170. The van der Waals surface area contributed by atoms with Crippen molar-refractivity contribution in [3.63, 3.8) is 0 Å². The molecule has 1 heterocycles. The van der Waals surface area contributed by atoms with Crippen molar-refractivity contribution in [3.05, 3.63) is 29.3 Å². The molecule has 0 spiro atoms. The van der Waals surface area contributed by atoms with Gasteiger partial charge in [-0.15, -0.1) is 0 Å². The first kappa shape index (κ1) is 17.0. The van der Waals surface area contributed by atoms with Crippen LogP contribution in [-0.2, 0) is 11.2 Å². The van der Waals surface area contributed by atoms with Crippen LogP contribution in [0.2, 0.25) is 0 Å². The molecular formula is C15H15BrF3NO2. The van der Waals surface area contributed by atoms with Crippen molar-refractivity contribution in [2.45, 2.75) is 31.3 Å². The second-order valence-electron chi connectivity index (χ2n) is 5.56. The molecule has 7 heteroatoms. The van der Waals surface area contributed by atoms with Gasteiger partial charge in [0.1, 0.15) is 0 Å². The molecule has 1 atom stereocenters. The van der Waals surface area contributed by atoms with Gasteiger partial charge >= 0.3 is 12.1 Å². The van der Waals surface area contributed by atoms with Gasteiger partial charge in [0.15, 0.2) is 5.78 Å². The van der Waals surface area contributed by atoms with Gasteiger partial charge in [-0.25, -0.2) is 0 Å². The Kier molecular flexibility index (Phi) is 4.65. The van der Waals surface area contributed by atoms with Gasteiger partial charge in [-0.05, 0) is 36.1 Å². The van der Waals surface area contributed by atoms with Crippen LogP contribution in [0.1, 0.15) is 29.8 Å². The number of rotatable bonds is 3. The summed E-state index contributed by atoms with van der Waals surface area (Å²) in [6, 6.07) is 4.47. The third-order valence-corrected chi connectivity index (χ3v) is 5.06. The second kappa shape index (κ2) is 6.02. The summed E-state index contributed by atoms with van der Waals surface area (Å²) in [5, 5.41) is 0. The number of hydrogen-bond acceptors (Lipinski definition) is 2. The summed E-state index contributed by atoms with van der Waals surface area (Å²) < 4.78 is 37.6. The Morgan fingerprint density at radius 1 is 1.27 bits per heavy atom. The first-order valence-electron chi connectivity index (χ1n) is 6.83. The smallest absolute Gasteiger partial charge is 0.304 e. The molecule has 0 aliphatic carbocycles. The van der Waals surface area contributed by atoms with Gasteiger partial charge in [0.2, 0.25) is 0 Å². The second-order valence-corrected chi connectivity index (χ2v) is 6.54. The molecule has 2 rings (SSSR count). The molecule has 0 saturated carbocycles. The molecule has 1 aliphatic heterocycles. The van der Waals surface area contributed by atoms with Crippen LogP contribution in [-0.4, -0.2) is 29.2 Å². The highest BCUT2D eigenvalue weighted by Crippen LogP contribution is 2.33. The number of halogens is 4. The lowest BCUT2D eigenvalue weighted by Crippen LogP contribution is -2.40. The summed E-state index contributed by atoms with van der Waals surface area (Å²) in [4.78, 5) is 24.0. The molecule has 1 unspecified atom stereocenters. The summed E-state index contributed by atoms with van der Waals surface area (Å²) in [5.74, 6) is -1.88. The quantitative estimate of drug-likeness (QED) is 0.594. The van der Waals surface area contributed by atoms with Crippen molar-refractivity contribution < 1.29 is 22.8 Å². The highest BCUT2D eigenvalue weighted by Gasteiger charge is 2.44. The Morgan fingerprint density at radius 3 is 2.45 bits per heavy atom. The highest BCUT2D eigenvalue weighted by molar-refractivity contribution is 9.10. The fourth-order valence-corrected chi connectivity index (χ4v) is 2.65. The largest absolute Gasteiger partial charge is 0.471 e. The molecule has 0 radical (unpaired) electrons. The van der Waals surface area contributed by atoms with E-state index in [0.717, 1.165) is 4.90 Å². The summed E-state index contributed by atoms with van der Waals surface area (Å²) in [5.41, 5.74) is 1.26. The molecule has 1 aliphatic rings. The third-order valence-electron chi connectivity index (χ3n) is 3.58. The van der Waals surface area contributed by atoms with E-state index in [1.54, 1.807) is 6.07 Å². The number of carbonyl (C=O) groups excluding carboxylic acids is 2. The van der Waals surface area contributed by atoms with E-state index < -0.39 is 12.1 Å². The SMILES string of the molecule is CC(C)C(Br)C(=O)c1ccc2c(c1)CCN2C(=O)C(F)(F)F. The molecule has 1 amide bonds. The number of fused-ring (bicyclic) bond motifs is 1. The topological polar surface area (TPSA) is 37.4 Å². The first-order valence-corrected chi connectivity index (χ1v) is 7.74. The molecule has 0 bridgehead atoms. The van der Waals surface area contributed by atoms with Crippen LogP contribution in [0.25, 0.3) is 0 Å². The third kappa shape index (κ3) is 3.19. The zero-order chi connectivity index (χ0) is 16.7. The van der Waals surface area contributed by atoms with E-state index in [1.807, 2.05) is 13.8 Å². The maximum absolute atomic E-state index is 12.5. The zero-order valence-corrected chi connectivity index (χ0v) is 13.7. The molecular weight excluding hydrogens is 363 g/mol. The van der Waals surface area contributed by atoms with Gasteiger partial charge < -0.3 is 4.90 Å². The van der Waals surface area contributed by atoms with Crippen molar-refractivity contribution in [2.24, 2.45) is 5.92 Å². The monoisotopic (exact) mass is 377 g/mol. The number of hydrogen-bond donors (Lipinski definition) is 0. The summed E-state index contributed by atoms with van der Waals surface area (Å²) in [6.07, 6.45) is -4.58. The number of alkyl halides is 4. The molecule has 120 valence electrons. The van der Waals surface area contributed by atoms with E-state index in [1.165, 1.54) is 12.1 Å². The molecule has 22 heavy (non-hydrogen) atoms. The van der Waals surface area contributed by atoms with Crippen LogP contribution in [0.4, 0.5) is 18.9 Å². The van der Waals surface area contributed by atoms with E-state index >= 15 is 0 Å². The van der Waals surface area contributed by atoms with Gasteiger partial charge in [-0.3, -0.25) is 9.59 Å². The van der Waals surface area contributed by atoms with Crippen molar-refractivity contribution in [1.29, 1.82) is 0 Å². The van der Waals surface area contributed by atoms with E-state index in [2.05, 4.69) is 15.9 Å². The van der Waals surface area contributed by atoms with Gasteiger partial charge in [-0.1, -0.05) is 29.8 Å². The normalized spacial score (nSPS) is 15.9. The van der Waals surface area contributed by atoms with E-state index in [9.17, 15) is 22.8 Å².